The van der Waals surface area contributed by atoms with E-state index in [0.29, 0.717) is 18.4 Å². The largest absolute Gasteiger partial charge is 0.445 e. The van der Waals surface area contributed by atoms with Gasteiger partial charge in [0.1, 0.15) is 12.6 Å². The monoisotopic (exact) mass is 566 g/mol. The summed E-state index contributed by atoms with van der Waals surface area (Å²) in [6, 6.07) is 28.8. The van der Waals surface area contributed by atoms with Gasteiger partial charge in [-0.2, -0.15) is 0 Å². The second-order valence-electron chi connectivity index (χ2n) is 9.90. The third kappa shape index (κ3) is 9.19. The zero-order chi connectivity index (χ0) is 29.7. The highest BCUT2D eigenvalue weighted by Crippen LogP contribution is 2.16. The summed E-state index contributed by atoms with van der Waals surface area (Å²) in [7, 11) is 0. The van der Waals surface area contributed by atoms with Gasteiger partial charge in [-0.05, 0) is 52.4 Å². The minimum absolute atomic E-state index is 0.142. The molecule has 0 spiro atoms. The standard InChI is InChI=1S/C33H34N4O5/c34-30(38)19-23-12-14-24(15-13-23)21-36-32(40)29(11-6-18-35-33(41)42-22-25-7-2-1-3-8-25)37-31(39)28-17-16-26-9-4-5-10-27(26)20-28/h1-5,7-10,12-17,20,29H,6,11,18-19,21-22H2,(H2,34,38)(H,35,41)(H,36,40)(H,37,39)/t29-/m1/s1. The van der Waals surface area contributed by atoms with Crippen LogP contribution in [0, 0.1) is 0 Å². The highest BCUT2D eigenvalue weighted by Gasteiger charge is 2.21. The number of nitrogens with one attached hydrogen (secondary N) is 3. The van der Waals surface area contributed by atoms with Crippen LogP contribution in [0.15, 0.2) is 97.1 Å². The molecule has 1 atom stereocenters. The molecule has 0 saturated heterocycles. The molecule has 0 aliphatic carbocycles. The van der Waals surface area contributed by atoms with Crippen LogP contribution < -0.4 is 21.7 Å². The summed E-state index contributed by atoms with van der Waals surface area (Å²) in [6.45, 7) is 0.662. The van der Waals surface area contributed by atoms with Crippen molar-refractivity contribution < 1.29 is 23.9 Å². The van der Waals surface area contributed by atoms with E-state index in [1.807, 2.05) is 72.8 Å². The van der Waals surface area contributed by atoms with Gasteiger partial charge in [-0.15, -0.1) is 0 Å². The zero-order valence-corrected chi connectivity index (χ0v) is 23.2. The lowest BCUT2D eigenvalue weighted by atomic mass is 10.1. The maximum absolute atomic E-state index is 13.2. The molecule has 42 heavy (non-hydrogen) atoms. The molecule has 0 aliphatic rings. The van der Waals surface area contributed by atoms with Crippen molar-refractivity contribution in [1.82, 2.24) is 16.0 Å². The number of nitrogens with two attached hydrogens (primary N) is 1. The number of hydrogen-bond acceptors (Lipinski definition) is 5. The minimum atomic E-state index is -0.833. The number of hydrogen-bond donors (Lipinski definition) is 4. The van der Waals surface area contributed by atoms with E-state index in [1.165, 1.54) is 0 Å². The van der Waals surface area contributed by atoms with Gasteiger partial charge in [-0.3, -0.25) is 14.4 Å². The summed E-state index contributed by atoms with van der Waals surface area (Å²) in [5.41, 5.74) is 8.19. The van der Waals surface area contributed by atoms with E-state index in [1.54, 1.807) is 24.3 Å². The van der Waals surface area contributed by atoms with Crippen molar-refractivity contribution in [3.05, 3.63) is 119 Å². The quantitative estimate of drug-likeness (QED) is 0.181. The van der Waals surface area contributed by atoms with Gasteiger partial charge in [0.15, 0.2) is 0 Å². The van der Waals surface area contributed by atoms with Gasteiger partial charge in [0.2, 0.25) is 11.8 Å². The zero-order valence-electron chi connectivity index (χ0n) is 23.2. The van der Waals surface area contributed by atoms with Crippen molar-refractivity contribution in [2.45, 2.75) is 38.5 Å². The Morgan fingerprint density at radius 3 is 2.17 bits per heavy atom. The lowest BCUT2D eigenvalue weighted by molar-refractivity contribution is -0.123. The summed E-state index contributed by atoms with van der Waals surface area (Å²) in [6.07, 6.45) is 0.309. The fourth-order valence-electron chi connectivity index (χ4n) is 4.40. The summed E-state index contributed by atoms with van der Waals surface area (Å²) in [4.78, 5) is 49.6. The average Bonchev–Trinajstić information content (AvgIpc) is 3.01. The Balaban J connectivity index is 1.34. The summed E-state index contributed by atoms with van der Waals surface area (Å²) >= 11 is 0. The van der Waals surface area contributed by atoms with E-state index in [2.05, 4.69) is 16.0 Å². The Morgan fingerprint density at radius 2 is 1.43 bits per heavy atom. The summed E-state index contributed by atoms with van der Waals surface area (Å²) < 4.78 is 5.23. The SMILES string of the molecule is NC(=O)Cc1ccc(CNC(=O)[C@@H](CCCNC(=O)OCc2ccccc2)NC(=O)c2ccc3ccccc3c2)cc1. The Hall–Kier alpha value is -5.18. The number of primary amides is 1. The van der Waals surface area contributed by atoms with Gasteiger partial charge in [-0.25, -0.2) is 4.79 Å². The smallest absolute Gasteiger partial charge is 0.407 e. The highest BCUT2D eigenvalue weighted by molar-refractivity contribution is 6.00. The first-order chi connectivity index (χ1) is 20.4. The van der Waals surface area contributed by atoms with Crippen molar-refractivity contribution in [2.75, 3.05) is 6.54 Å². The van der Waals surface area contributed by atoms with Gasteiger partial charge in [-0.1, -0.05) is 84.9 Å². The molecular weight excluding hydrogens is 532 g/mol. The molecule has 0 radical (unpaired) electrons. The molecule has 216 valence electrons. The maximum Gasteiger partial charge on any atom is 0.407 e. The van der Waals surface area contributed by atoms with Gasteiger partial charge < -0.3 is 26.4 Å². The predicted molar refractivity (Wildman–Crippen MR) is 160 cm³/mol. The lowest BCUT2D eigenvalue weighted by Crippen LogP contribution is -2.46. The van der Waals surface area contributed by atoms with Gasteiger partial charge in [0.25, 0.3) is 5.91 Å². The van der Waals surface area contributed by atoms with Crippen molar-refractivity contribution in [3.63, 3.8) is 0 Å². The van der Waals surface area contributed by atoms with Crippen LogP contribution >= 0.6 is 0 Å². The number of carbonyl (C=O) groups is 4. The normalized spacial score (nSPS) is 11.3. The van der Waals surface area contributed by atoms with Crippen LogP contribution in [0.4, 0.5) is 4.79 Å². The molecule has 4 amide bonds. The molecule has 0 aliphatic heterocycles. The molecule has 5 N–H and O–H groups in total. The second kappa shape index (κ2) is 15.0. The first-order valence-corrected chi connectivity index (χ1v) is 13.8. The number of benzene rings is 4. The van der Waals surface area contributed by atoms with Crippen LogP contribution in [0.5, 0.6) is 0 Å². The molecule has 9 nitrogen and oxygen atoms in total. The Kier molecular flexibility index (Phi) is 10.6. The van der Waals surface area contributed by atoms with Crippen LogP contribution in [0.3, 0.4) is 0 Å². The molecule has 0 bridgehead atoms. The van der Waals surface area contributed by atoms with Crippen molar-refractivity contribution >= 4 is 34.6 Å². The molecule has 4 rings (SSSR count). The van der Waals surface area contributed by atoms with Crippen molar-refractivity contribution in [2.24, 2.45) is 5.73 Å². The number of fused-ring (bicyclic) bond motifs is 1. The van der Waals surface area contributed by atoms with Crippen LogP contribution in [0.1, 0.15) is 39.9 Å². The molecule has 0 heterocycles. The summed E-state index contributed by atoms with van der Waals surface area (Å²) in [5.74, 6) is -1.14. The number of ether oxygens (including phenoxy) is 1. The molecular formula is C33H34N4O5. The summed E-state index contributed by atoms with van der Waals surface area (Å²) in [5, 5.41) is 10.4. The van der Waals surface area contributed by atoms with E-state index in [9.17, 15) is 19.2 Å². The number of carbonyl (C=O) groups excluding carboxylic acids is 4. The van der Waals surface area contributed by atoms with Crippen molar-refractivity contribution in [3.8, 4) is 0 Å². The molecule has 4 aromatic carbocycles. The molecule has 9 heteroatoms. The second-order valence-corrected chi connectivity index (χ2v) is 9.90. The Labute approximate surface area is 244 Å². The first-order valence-electron chi connectivity index (χ1n) is 13.8. The fraction of sp³-hybridized carbons (Fsp3) is 0.212. The maximum atomic E-state index is 13.2. The van der Waals surface area contributed by atoms with Crippen LogP contribution in [0.25, 0.3) is 10.8 Å². The van der Waals surface area contributed by atoms with E-state index < -0.39 is 18.0 Å². The fourth-order valence-corrected chi connectivity index (χ4v) is 4.40. The third-order valence-corrected chi connectivity index (χ3v) is 6.65. The number of amides is 4. The first kappa shape index (κ1) is 29.8. The van der Waals surface area contributed by atoms with Gasteiger partial charge >= 0.3 is 6.09 Å². The van der Waals surface area contributed by atoms with E-state index in [0.717, 1.165) is 27.5 Å². The molecule has 0 unspecified atom stereocenters. The predicted octanol–water partition coefficient (Wildman–Crippen LogP) is 3.99. The van der Waals surface area contributed by atoms with Crippen LogP contribution in [-0.4, -0.2) is 36.4 Å². The molecule has 4 aromatic rings. The highest BCUT2D eigenvalue weighted by atomic mass is 16.5. The molecule has 0 aromatic heterocycles. The lowest BCUT2D eigenvalue weighted by Gasteiger charge is -2.19. The van der Waals surface area contributed by atoms with Crippen molar-refractivity contribution in [1.29, 1.82) is 0 Å². The van der Waals surface area contributed by atoms with E-state index in [4.69, 9.17) is 10.5 Å². The third-order valence-electron chi connectivity index (χ3n) is 6.65. The number of alkyl carbamates (subject to hydrolysis) is 1. The molecule has 0 saturated carbocycles. The number of rotatable bonds is 13. The average molecular weight is 567 g/mol. The topological polar surface area (TPSA) is 140 Å². The molecule has 0 fully saturated rings. The minimum Gasteiger partial charge on any atom is -0.445 e. The Bertz CT molecular complexity index is 1520. The van der Waals surface area contributed by atoms with Gasteiger partial charge in [0.05, 0.1) is 6.42 Å². The van der Waals surface area contributed by atoms with E-state index in [-0.39, 0.29) is 37.9 Å². The van der Waals surface area contributed by atoms with Crippen LogP contribution in [-0.2, 0) is 33.9 Å². The van der Waals surface area contributed by atoms with Crippen LogP contribution in [0.2, 0.25) is 0 Å². The Morgan fingerprint density at radius 1 is 0.738 bits per heavy atom. The van der Waals surface area contributed by atoms with Gasteiger partial charge in [0, 0.05) is 18.7 Å². The van der Waals surface area contributed by atoms with E-state index >= 15 is 0 Å².